The molecule has 0 aromatic heterocycles. The zero-order valence-electron chi connectivity index (χ0n) is 9.17. The third kappa shape index (κ3) is 2.04. The number of rotatable bonds is 3. The molecule has 4 heteroatoms. The van der Waals surface area contributed by atoms with E-state index in [0.717, 1.165) is 11.3 Å². The molecule has 0 bridgehead atoms. The van der Waals surface area contributed by atoms with Crippen molar-refractivity contribution in [1.82, 2.24) is 0 Å². The zero-order valence-corrected chi connectivity index (χ0v) is 9.17. The fraction of sp³-hybridized carbons (Fsp3) is 0.500. The fourth-order valence-corrected chi connectivity index (χ4v) is 2.03. The lowest BCUT2D eigenvalue weighted by Crippen LogP contribution is -2.24. The van der Waals surface area contributed by atoms with Gasteiger partial charge in [-0.25, -0.2) is 0 Å². The minimum Gasteiger partial charge on any atom is -0.496 e. The van der Waals surface area contributed by atoms with Gasteiger partial charge in [0.25, 0.3) is 0 Å². The number of benzene rings is 1. The van der Waals surface area contributed by atoms with Crippen LogP contribution in [0.25, 0.3) is 0 Å². The first-order valence-corrected chi connectivity index (χ1v) is 5.33. The van der Waals surface area contributed by atoms with E-state index in [9.17, 15) is 5.11 Å². The molecule has 1 fully saturated rings. The van der Waals surface area contributed by atoms with Crippen molar-refractivity contribution in [2.24, 2.45) is 0 Å². The Hall–Kier alpha value is -1.10. The van der Waals surface area contributed by atoms with Crippen molar-refractivity contribution in [1.29, 1.82) is 0 Å². The average molecular weight is 224 g/mol. The van der Waals surface area contributed by atoms with Gasteiger partial charge in [-0.3, -0.25) is 0 Å². The van der Waals surface area contributed by atoms with Crippen LogP contribution in [0.2, 0.25) is 0 Å². The molecule has 88 valence electrons. The van der Waals surface area contributed by atoms with Crippen LogP contribution in [0.15, 0.2) is 24.3 Å². The Morgan fingerprint density at radius 3 is 2.81 bits per heavy atom. The third-order valence-corrected chi connectivity index (χ3v) is 2.89. The summed E-state index contributed by atoms with van der Waals surface area (Å²) in [5.41, 5.74) is 0.917. The second-order valence-electron chi connectivity index (χ2n) is 3.89. The topological polar surface area (TPSA) is 58.9 Å². The first-order chi connectivity index (χ1) is 7.76. The summed E-state index contributed by atoms with van der Waals surface area (Å²) in [6.45, 7) is -0.160. The summed E-state index contributed by atoms with van der Waals surface area (Å²) in [5.74, 6) is 0.748. The predicted octanol–water partition coefficient (Wildman–Crippen LogP) is 0.878. The normalized spacial score (nSPS) is 29.3. The highest BCUT2D eigenvalue weighted by molar-refractivity contribution is 5.35. The molecule has 0 unspecified atom stereocenters. The van der Waals surface area contributed by atoms with Crippen molar-refractivity contribution in [2.45, 2.75) is 24.7 Å². The van der Waals surface area contributed by atoms with E-state index in [1.807, 2.05) is 24.3 Å². The number of aliphatic hydroxyl groups is 2. The van der Waals surface area contributed by atoms with Crippen LogP contribution in [0.4, 0.5) is 0 Å². The molecule has 1 saturated heterocycles. The molecule has 0 radical (unpaired) electrons. The van der Waals surface area contributed by atoms with E-state index >= 15 is 0 Å². The lowest BCUT2D eigenvalue weighted by atomic mass is 10.0. The number of ether oxygens (including phenoxy) is 2. The van der Waals surface area contributed by atoms with Gasteiger partial charge in [0.2, 0.25) is 0 Å². The van der Waals surface area contributed by atoms with E-state index in [-0.39, 0.29) is 12.7 Å². The molecule has 1 aromatic carbocycles. The first kappa shape index (κ1) is 11.4. The Kier molecular flexibility index (Phi) is 3.43. The summed E-state index contributed by atoms with van der Waals surface area (Å²) < 4.78 is 10.8. The standard InChI is InChI=1S/C12H16O4/c1-15-10-5-3-2-4-8(10)11-6-9(14)12(7-13)16-11/h2-5,9,11-14H,6-7H2,1H3/t9-,11+,12+/m0/s1. The molecule has 0 saturated carbocycles. The van der Waals surface area contributed by atoms with Crippen LogP contribution in [0.3, 0.4) is 0 Å². The van der Waals surface area contributed by atoms with Crippen LogP contribution < -0.4 is 4.74 Å². The highest BCUT2D eigenvalue weighted by Crippen LogP contribution is 2.37. The maximum atomic E-state index is 9.66. The summed E-state index contributed by atoms with van der Waals surface area (Å²) in [6, 6.07) is 7.56. The molecule has 16 heavy (non-hydrogen) atoms. The summed E-state index contributed by atoms with van der Waals surface area (Å²) in [6.07, 6.45) is -0.816. The Bertz CT molecular complexity index is 353. The van der Waals surface area contributed by atoms with Gasteiger partial charge in [-0.1, -0.05) is 18.2 Å². The van der Waals surface area contributed by atoms with Gasteiger partial charge in [0, 0.05) is 12.0 Å². The Morgan fingerprint density at radius 2 is 2.19 bits per heavy atom. The van der Waals surface area contributed by atoms with Gasteiger partial charge in [-0.2, -0.15) is 0 Å². The van der Waals surface area contributed by atoms with Crippen molar-refractivity contribution < 1.29 is 19.7 Å². The fourth-order valence-electron chi connectivity index (χ4n) is 2.03. The van der Waals surface area contributed by atoms with Gasteiger partial charge in [0.15, 0.2) is 0 Å². The lowest BCUT2D eigenvalue weighted by Gasteiger charge is -2.15. The molecule has 0 spiro atoms. The largest absolute Gasteiger partial charge is 0.496 e. The van der Waals surface area contributed by atoms with E-state index in [4.69, 9.17) is 14.6 Å². The molecular formula is C12H16O4. The van der Waals surface area contributed by atoms with Crippen molar-refractivity contribution >= 4 is 0 Å². The van der Waals surface area contributed by atoms with Crippen LogP contribution in [0.5, 0.6) is 5.75 Å². The van der Waals surface area contributed by atoms with Crippen LogP contribution in [0.1, 0.15) is 18.1 Å². The number of hydrogen-bond acceptors (Lipinski definition) is 4. The van der Waals surface area contributed by atoms with Gasteiger partial charge in [-0.15, -0.1) is 0 Å². The lowest BCUT2D eigenvalue weighted by molar-refractivity contribution is -0.0230. The molecule has 0 aliphatic carbocycles. The summed E-state index contributed by atoms with van der Waals surface area (Å²) in [4.78, 5) is 0. The third-order valence-electron chi connectivity index (χ3n) is 2.89. The van der Waals surface area contributed by atoms with Gasteiger partial charge in [0.1, 0.15) is 11.9 Å². The summed E-state index contributed by atoms with van der Waals surface area (Å²) >= 11 is 0. The molecule has 3 atom stereocenters. The van der Waals surface area contributed by atoms with Crippen molar-refractivity contribution in [3.8, 4) is 5.75 Å². The van der Waals surface area contributed by atoms with Crippen LogP contribution in [-0.2, 0) is 4.74 Å². The second kappa shape index (κ2) is 4.82. The van der Waals surface area contributed by atoms with Gasteiger partial charge >= 0.3 is 0 Å². The molecule has 2 N–H and O–H groups in total. The molecule has 1 aromatic rings. The van der Waals surface area contributed by atoms with Crippen molar-refractivity contribution in [2.75, 3.05) is 13.7 Å². The molecule has 4 nitrogen and oxygen atoms in total. The Balaban J connectivity index is 2.19. The van der Waals surface area contributed by atoms with Crippen LogP contribution in [0, 0.1) is 0 Å². The maximum absolute atomic E-state index is 9.66. The monoisotopic (exact) mass is 224 g/mol. The number of methoxy groups -OCH3 is 1. The van der Waals surface area contributed by atoms with Crippen molar-refractivity contribution in [3.63, 3.8) is 0 Å². The highest BCUT2D eigenvalue weighted by Gasteiger charge is 2.35. The molecule has 1 heterocycles. The zero-order chi connectivity index (χ0) is 11.5. The van der Waals surface area contributed by atoms with Crippen LogP contribution in [-0.4, -0.2) is 36.1 Å². The number of para-hydroxylation sites is 1. The number of aliphatic hydroxyl groups excluding tert-OH is 2. The van der Waals surface area contributed by atoms with E-state index in [2.05, 4.69) is 0 Å². The quantitative estimate of drug-likeness (QED) is 0.800. The Morgan fingerprint density at radius 1 is 1.44 bits per heavy atom. The summed E-state index contributed by atoms with van der Waals surface area (Å²) in [7, 11) is 1.60. The van der Waals surface area contributed by atoms with E-state index in [0.29, 0.717) is 6.42 Å². The molecule has 2 rings (SSSR count). The van der Waals surface area contributed by atoms with Gasteiger partial charge in [-0.05, 0) is 6.07 Å². The SMILES string of the molecule is COc1ccccc1[C@H]1C[C@H](O)[C@@H](CO)O1. The second-order valence-corrected chi connectivity index (χ2v) is 3.89. The maximum Gasteiger partial charge on any atom is 0.124 e. The van der Waals surface area contributed by atoms with E-state index < -0.39 is 12.2 Å². The first-order valence-electron chi connectivity index (χ1n) is 5.33. The van der Waals surface area contributed by atoms with Gasteiger partial charge < -0.3 is 19.7 Å². The minimum absolute atomic E-state index is 0.160. The highest BCUT2D eigenvalue weighted by atomic mass is 16.5. The predicted molar refractivity (Wildman–Crippen MR) is 58.3 cm³/mol. The van der Waals surface area contributed by atoms with Crippen molar-refractivity contribution in [3.05, 3.63) is 29.8 Å². The smallest absolute Gasteiger partial charge is 0.124 e. The van der Waals surface area contributed by atoms with E-state index in [1.54, 1.807) is 7.11 Å². The minimum atomic E-state index is -0.611. The number of hydrogen-bond donors (Lipinski definition) is 2. The van der Waals surface area contributed by atoms with Crippen LogP contribution >= 0.6 is 0 Å². The Labute approximate surface area is 94.4 Å². The van der Waals surface area contributed by atoms with Gasteiger partial charge in [0.05, 0.1) is 25.9 Å². The average Bonchev–Trinajstić information content (AvgIpc) is 2.70. The van der Waals surface area contributed by atoms with E-state index in [1.165, 1.54) is 0 Å². The molecule has 1 aliphatic rings. The molecular weight excluding hydrogens is 208 g/mol. The summed E-state index contributed by atoms with van der Waals surface area (Å²) in [5, 5.41) is 18.7. The molecule has 1 aliphatic heterocycles. The molecule has 0 amide bonds.